The van der Waals surface area contributed by atoms with Gasteiger partial charge in [-0.2, -0.15) is 0 Å². The maximum absolute atomic E-state index is 13.0. The Bertz CT molecular complexity index is 1130. The van der Waals surface area contributed by atoms with E-state index in [2.05, 4.69) is 26.8 Å². The number of oxazole rings is 1. The molecule has 0 aliphatic heterocycles. The Balaban J connectivity index is 1.33. The number of nitrogens with zero attached hydrogens (tertiary/aromatic N) is 3. The number of hydrogen-bond acceptors (Lipinski definition) is 4. The largest absolute Gasteiger partial charge is 0.441 e. The molecule has 4 rings (SSSR count). The van der Waals surface area contributed by atoms with E-state index in [1.54, 1.807) is 18.3 Å². The summed E-state index contributed by atoms with van der Waals surface area (Å²) in [5.41, 5.74) is 2.73. The van der Waals surface area contributed by atoms with Crippen LogP contribution in [-0.4, -0.2) is 20.4 Å². The number of aryl methyl sites for hydroxylation is 2. The van der Waals surface area contributed by atoms with Gasteiger partial charge in [0.05, 0.1) is 23.8 Å². The number of halogens is 1. The lowest BCUT2D eigenvalue weighted by Crippen LogP contribution is -2.25. The molecule has 148 valence electrons. The Morgan fingerprint density at radius 1 is 1.17 bits per heavy atom. The van der Waals surface area contributed by atoms with Gasteiger partial charge in [-0.15, -0.1) is 0 Å². The van der Waals surface area contributed by atoms with E-state index in [1.165, 1.54) is 12.1 Å². The van der Waals surface area contributed by atoms with Crippen LogP contribution in [0.5, 0.6) is 0 Å². The summed E-state index contributed by atoms with van der Waals surface area (Å²) < 4.78 is 20.8. The van der Waals surface area contributed by atoms with Crippen LogP contribution in [0.4, 0.5) is 4.39 Å². The fraction of sp³-hybridized carbons (Fsp3) is 0.227. The van der Waals surface area contributed by atoms with Crippen molar-refractivity contribution in [2.75, 3.05) is 0 Å². The topological polar surface area (TPSA) is 73.0 Å². The maximum Gasteiger partial charge on any atom is 0.220 e. The average molecular weight is 392 g/mol. The quantitative estimate of drug-likeness (QED) is 0.514. The molecule has 0 fully saturated rings. The Morgan fingerprint density at radius 2 is 1.97 bits per heavy atom. The Kier molecular flexibility index (Phi) is 5.37. The lowest BCUT2D eigenvalue weighted by molar-refractivity contribution is -0.121. The summed E-state index contributed by atoms with van der Waals surface area (Å²) in [6, 6.07) is 13.9. The molecular formula is C22H21FN4O2. The second kappa shape index (κ2) is 8.26. The van der Waals surface area contributed by atoms with E-state index in [1.807, 2.05) is 24.3 Å². The summed E-state index contributed by atoms with van der Waals surface area (Å²) in [5.74, 6) is 1.46. The number of imidazole rings is 1. The number of hydrogen-bond donors (Lipinski definition) is 1. The van der Waals surface area contributed by atoms with E-state index < -0.39 is 0 Å². The SMILES string of the molecule is CCn1c(CNC(=O)CCc2ncc(-c3ccc(F)cc3)o2)nc2ccccc21. The van der Waals surface area contributed by atoms with Crippen LogP contribution in [0.1, 0.15) is 25.1 Å². The van der Waals surface area contributed by atoms with Crippen molar-refractivity contribution in [3.63, 3.8) is 0 Å². The standard InChI is InChI=1S/C22H21FN4O2/c1-2-27-18-6-4-3-5-17(18)26-20(27)14-24-21(28)11-12-22-25-13-19(29-22)15-7-9-16(23)10-8-15/h3-10,13H,2,11-12,14H2,1H3,(H,24,28). The molecule has 2 aromatic carbocycles. The van der Waals surface area contributed by atoms with Crippen molar-refractivity contribution in [1.29, 1.82) is 0 Å². The van der Waals surface area contributed by atoms with Crippen LogP contribution in [-0.2, 0) is 24.3 Å². The highest BCUT2D eigenvalue weighted by molar-refractivity contribution is 5.77. The minimum absolute atomic E-state index is 0.0961. The number of amides is 1. The van der Waals surface area contributed by atoms with Gasteiger partial charge < -0.3 is 14.3 Å². The zero-order valence-electron chi connectivity index (χ0n) is 16.1. The normalized spacial score (nSPS) is 11.1. The molecule has 4 aromatic rings. The van der Waals surface area contributed by atoms with Gasteiger partial charge in [0.1, 0.15) is 11.6 Å². The number of benzene rings is 2. The Labute approximate surface area is 167 Å². The van der Waals surface area contributed by atoms with Gasteiger partial charge in [-0.25, -0.2) is 14.4 Å². The van der Waals surface area contributed by atoms with Crippen LogP contribution in [0.25, 0.3) is 22.4 Å². The Hall–Kier alpha value is -3.48. The van der Waals surface area contributed by atoms with Crippen LogP contribution in [0.3, 0.4) is 0 Å². The van der Waals surface area contributed by atoms with E-state index in [-0.39, 0.29) is 18.1 Å². The zero-order chi connectivity index (χ0) is 20.2. The third kappa shape index (κ3) is 4.18. The highest BCUT2D eigenvalue weighted by atomic mass is 19.1. The minimum Gasteiger partial charge on any atom is -0.441 e. The molecule has 0 unspecified atom stereocenters. The fourth-order valence-electron chi connectivity index (χ4n) is 3.27. The molecule has 0 aliphatic carbocycles. The molecule has 0 aliphatic rings. The van der Waals surface area contributed by atoms with E-state index >= 15 is 0 Å². The summed E-state index contributed by atoms with van der Waals surface area (Å²) in [7, 11) is 0. The number of para-hydroxylation sites is 2. The molecule has 1 N–H and O–H groups in total. The van der Waals surface area contributed by atoms with Crippen LogP contribution < -0.4 is 5.32 Å². The third-order valence-corrected chi connectivity index (χ3v) is 4.74. The van der Waals surface area contributed by atoms with E-state index in [0.29, 0.717) is 24.6 Å². The number of rotatable bonds is 7. The molecule has 6 nitrogen and oxygen atoms in total. The van der Waals surface area contributed by atoms with E-state index in [9.17, 15) is 9.18 Å². The summed E-state index contributed by atoms with van der Waals surface area (Å²) in [6.07, 6.45) is 2.23. The van der Waals surface area contributed by atoms with Crippen molar-refractivity contribution in [3.8, 4) is 11.3 Å². The van der Waals surface area contributed by atoms with Gasteiger partial charge in [0.15, 0.2) is 11.7 Å². The van der Waals surface area contributed by atoms with Crippen molar-refractivity contribution in [2.45, 2.75) is 32.9 Å². The van der Waals surface area contributed by atoms with Crippen molar-refractivity contribution < 1.29 is 13.6 Å². The first-order valence-corrected chi connectivity index (χ1v) is 9.55. The van der Waals surface area contributed by atoms with Gasteiger partial charge in [-0.1, -0.05) is 12.1 Å². The number of carbonyl (C=O) groups excluding carboxylic acids is 1. The van der Waals surface area contributed by atoms with Gasteiger partial charge in [0.25, 0.3) is 0 Å². The van der Waals surface area contributed by atoms with E-state index in [4.69, 9.17) is 4.42 Å². The molecular weight excluding hydrogens is 371 g/mol. The van der Waals surface area contributed by atoms with Crippen molar-refractivity contribution in [3.05, 3.63) is 72.3 Å². The predicted octanol–water partition coefficient (Wildman–Crippen LogP) is 4.10. The first-order valence-electron chi connectivity index (χ1n) is 9.55. The Morgan fingerprint density at radius 3 is 2.76 bits per heavy atom. The average Bonchev–Trinajstić information content (AvgIpc) is 3.35. The first-order chi connectivity index (χ1) is 14.1. The molecule has 0 atom stereocenters. The monoisotopic (exact) mass is 392 g/mol. The summed E-state index contributed by atoms with van der Waals surface area (Å²) in [4.78, 5) is 21.1. The maximum atomic E-state index is 13.0. The number of aromatic nitrogens is 3. The van der Waals surface area contributed by atoms with Crippen molar-refractivity contribution in [2.24, 2.45) is 0 Å². The molecule has 2 heterocycles. The van der Waals surface area contributed by atoms with Crippen LogP contribution in [0.2, 0.25) is 0 Å². The minimum atomic E-state index is -0.304. The molecule has 7 heteroatoms. The molecule has 0 spiro atoms. The molecule has 0 bridgehead atoms. The van der Waals surface area contributed by atoms with E-state index in [0.717, 1.165) is 29.0 Å². The predicted molar refractivity (Wildman–Crippen MR) is 107 cm³/mol. The fourth-order valence-corrected chi connectivity index (χ4v) is 3.27. The highest BCUT2D eigenvalue weighted by Crippen LogP contribution is 2.21. The summed E-state index contributed by atoms with van der Waals surface area (Å²) in [5, 5.41) is 2.92. The molecule has 0 saturated carbocycles. The van der Waals surface area contributed by atoms with Gasteiger partial charge in [0, 0.05) is 24.9 Å². The lowest BCUT2D eigenvalue weighted by Gasteiger charge is -2.07. The lowest BCUT2D eigenvalue weighted by atomic mass is 10.2. The third-order valence-electron chi connectivity index (χ3n) is 4.74. The van der Waals surface area contributed by atoms with Gasteiger partial charge in [-0.05, 0) is 43.3 Å². The van der Waals surface area contributed by atoms with Crippen LogP contribution in [0, 0.1) is 5.82 Å². The molecule has 1 amide bonds. The molecule has 0 saturated heterocycles. The van der Waals surface area contributed by atoms with Crippen LogP contribution >= 0.6 is 0 Å². The number of fused-ring (bicyclic) bond motifs is 1. The van der Waals surface area contributed by atoms with Crippen molar-refractivity contribution >= 4 is 16.9 Å². The first kappa shape index (κ1) is 18.9. The number of carbonyl (C=O) groups is 1. The number of nitrogens with one attached hydrogen (secondary N) is 1. The van der Waals surface area contributed by atoms with Crippen LogP contribution in [0.15, 0.2) is 59.1 Å². The molecule has 2 aromatic heterocycles. The summed E-state index contributed by atoms with van der Waals surface area (Å²) >= 11 is 0. The molecule has 0 radical (unpaired) electrons. The van der Waals surface area contributed by atoms with Gasteiger partial charge in [-0.3, -0.25) is 4.79 Å². The molecule has 29 heavy (non-hydrogen) atoms. The van der Waals surface area contributed by atoms with Crippen molar-refractivity contribution in [1.82, 2.24) is 19.9 Å². The zero-order valence-corrected chi connectivity index (χ0v) is 16.1. The summed E-state index contributed by atoms with van der Waals surface area (Å²) in [6.45, 7) is 3.21. The smallest absolute Gasteiger partial charge is 0.220 e. The second-order valence-electron chi connectivity index (χ2n) is 6.66. The van der Waals surface area contributed by atoms with Gasteiger partial charge in [0.2, 0.25) is 5.91 Å². The second-order valence-corrected chi connectivity index (χ2v) is 6.66. The van der Waals surface area contributed by atoms with Gasteiger partial charge >= 0.3 is 0 Å². The highest BCUT2D eigenvalue weighted by Gasteiger charge is 2.12.